The molecule has 1 rings (SSSR count). The number of nitrogens with zero attached hydrogens (tertiary/aromatic N) is 1. The highest BCUT2D eigenvalue weighted by molar-refractivity contribution is 5.76. The summed E-state index contributed by atoms with van der Waals surface area (Å²) in [4.78, 5) is 13.6. The predicted octanol–water partition coefficient (Wildman–Crippen LogP) is 0.623. The molecule has 1 heterocycles. The highest BCUT2D eigenvalue weighted by atomic mass is 16.5. The molecule has 0 aromatic carbocycles. The molecule has 0 spiro atoms. The SMILES string of the molecule is CC(C)(C)NCCC(=O)N1CCOCC1. The fraction of sp³-hybridized carbons (Fsp3) is 0.909. The van der Waals surface area contributed by atoms with Crippen LogP contribution in [0.25, 0.3) is 0 Å². The summed E-state index contributed by atoms with van der Waals surface area (Å²) in [6.07, 6.45) is 0.581. The molecule has 0 unspecified atom stereocenters. The van der Waals surface area contributed by atoms with Crippen LogP contribution in [0.1, 0.15) is 27.2 Å². The highest BCUT2D eigenvalue weighted by Gasteiger charge is 2.17. The Morgan fingerprint density at radius 2 is 1.93 bits per heavy atom. The third kappa shape index (κ3) is 5.14. The smallest absolute Gasteiger partial charge is 0.224 e. The normalized spacial score (nSPS) is 17.9. The van der Waals surface area contributed by atoms with Crippen molar-refractivity contribution >= 4 is 5.91 Å². The van der Waals surface area contributed by atoms with Crippen molar-refractivity contribution in [1.29, 1.82) is 0 Å². The van der Waals surface area contributed by atoms with Gasteiger partial charge in [0.15, 0.2) is 0 Å². The van der Waals surface area contributed by atoms with Crippen LogP contribution in [-0.4, -0.2) is 49.2 Å². The molecule has 1 aliphatic heterocycles. The average molecular weight is 214 g/mol. The van der Waals surface area contributed by atoms with Gasteiger partial charge in [-0.15, -0.1) is 0 Å². The Morgan fingerprint density at radius 3 is 2.47 bits per heavy atom. The topological polar surface area (TPSA) is 41.6 Å². The molecular weight excluding hydrogens is 192 g/mol. The van der Waals surface area contributed by atoms with Gasteiger partial charge in [0.2, 0.25) is 5.91 Å². The second-order valence-corrected chi connectivity index (χ2v) is 4.92. The van der Waals surface area contributed by atoms with Crippen LogP contribution in [-0.2, 0) is 9.53 Å². The molecule has 1 saturated heterocycles. The fourth-order valence-electron chi connectivity index (χ4n) is 1.52. The Kier molecular flexibility index (Phi) is 4.54. The molecule has 1 N–H and O–H groups in total. The molecule has 4 nitrogen and oxygen atoms in total. The quantitative estimate of drug-likeness (QED) is 0.749. The predicted molar refractivity (Wildman–Crippen MR) is 59.8 cm³/mol. The molecule has 0 saturated carbocycles. The van der Waals surface area contributed by atoms with Crippen LogP contribution in [0, 0.1) is 0 Å². The zero-order valence-electron chi connectivity index (χ0n) is 10.0. The lowest BCUT2D eigenvalue weighted by atomic mass is 10.1. The van der Waals surface area contributed by atoms with E-state index in [1.807, 2.05) is 4.90 Å². The molecule has 88 valence electrons. The van der Waals surface area contributed by atoms with Crippen LogP contribution in [0.3, 0.4) is 0 Å². The zero-order valence-corrected chi connectivity index (χ0v) is 10.0. The van der Waals surface area contributed by atoms with Gasteiger partial charge in [0.25, 0.3) is 0 Å². The third-order valence-corrected chi connectivity index (χ3v) is 2.36. The lowest BCUT2D eigenvalue weighted by Crippen LogP contribution is -2.43. The number of nitrogens with one attached hydrogen (secondary N) is 1. The maximum absolute atomic E-state index is 11.7. The van der Waals surface area contributed by atoms with Crippen molar-refractivity contribution in [3.63, 3.8) is 0 Å². The lowest BCUT2D eigenvalue weighted by molar-refractivity contribution is -0.135. The van der Waals surface area contributed by atoms with E-state index in [1.165, 1.54) is 0 Å². The summed E-state index contributed by atoms with van der Waals surface area (Å²) >= 11 is 0. The van der Waals surface area contributed by atoms with E-state index in [9.17, 15) is 4.79 Å². The van der Waals surface area contributed by atoms with Crippen LogP contribution in [0.15, 0.2) is 0 Å². The van der Waals surface area contributed by atoms with Crippen LogP contribution in [0.5, 0.6) is 0 Å². The van der Waals surface area contributed by atoms with E-state index >= 15 is 0 Å². The molecule has 15 heavy (non-hydrogen) atoms. The summed E-state index contributed by atoms with van der Waals surface area (Å²) in [6.45, 7) is 9.91. The Bertz CT molecular complexity index is 205. The molecule has 0 aliphatic carbocycles. The first-order valence-corrected chi connectivity index (χ1v) is 5.59. The van der Waals surface area contributed by atoms with E-state index in [-0.39, 0.29) is 11.4 Å². The first kappa shape index (κ1) is 12.5. The summed E-state index contributed by atoms with van der Waals surface area (Å²) in [6, 6.07) is 0. The van der Waals surface area contributed by atoms with Crippen molar-refractivity contribution < 1.29 is 9.53 Å². The monoisotopic (exact) mass is 214 g/mol. The highest BCUT2D eigenvalue weighted by Crippen LogP contribution is 2.02. The van der Waals surface area contributed by atoms with Gasteiger partial charge >= 0.3 is 0 Å². The van der Waals surface area contributed by atoms with Gasteiger partial charge in [0.05, 0.1) is 13.2 Å². The summed E-state index contributed by atoms with van der Waals surface area (Å²) in [5, 5.41) is 3.31. The molecule has 0 bridgehead atoms. The first-order chi connectivity index (χ1) is 6.99. The van der Waals surface area contributed by atoms with Crippen molar-refractivity contribution in [2.45, 2.75) is 32.7 Å². The number of hydrogen-bond acceptors (Lipinski definition) is 3. The van der Waals surface area contributed by atoms with Crippen molar-refractivity contribution in [2.24, 2.45) is 0 Å². The molecule has 1 aliphatic rings. The standard InChI is InChI=1S/C11H22N2O2/c1-11(2,3)12-5-4-10(14)13-6-8-15-9-7-13/h12H,4-9H2,1-3H3. The van der Waals surface area contributed by atoms with Crippen molar-refractivity contribution in [3.8, 4) is 0 Å². The number of rotatable bonds is 3. The van der Waals surface area contributed by atoms with E-state index in [0.717, 1.165) is 19.6 Å². The molecule has 0 radical (unpaired) electrons. The minimum atomic E-state index is 0.0886. The zero-order chi connectivity index (χ0) is 11.3. The van der Waals surface area contributed by atoms with E-state index in [4.69, 9.17) is 4.74 Å². The van der Waals surface area contributed by atoms with Crippen LogP contribution in [0.2, 0.25) is 0 Å². The van der Waals surface area contributed by atoms with Gasteiger partial charge in [0, 0.05) is 31.6 Å². The van der Waals surface area contributed by atoms with E-state index < -0.39 is 0 Å². The first-order valence-electron chi connectivity index (χ1n) is 5.59. The number of carbonyl (C=O) groups is 1. The summed E-state index contributed by atoms with van der Waals surface area (Å²) < 4.78 is 5.20. The largest absolute Gasteiger partial charge is 0.378 e. The van der Waals surface area contributed by atoms with E-state index in [1.54, 1.807) is 0 Å². The molecule has 1 amide bonds. The number of morpholine rings is 1. The molecule has 0 atom stereocenters. The van der Waals surface area contributed by atoms with Gasteiger partial charge in [-0.25, -0.2) is 0 Å². The van der Waals surface area contributed by atoms with Gasteiger partial charge in [-0.05, 0) is 20.8 Å². The lowest BCUT2D eigenvalue weighted by Gasteiger charge is -2.27. The number of amides is 1. The Balaban J connectivity index is 2.17. The van der Waals surface area contributed by atoms with Crippen molar-refractivity contribution in [3.05, 3.63) is 0 Å². The molecule has 0 aromatic heterocycles. The van der Waals surface area contributed by atoms with Crippen molar-refractivity contribution in [2.75, 3.05) is 32.8 Å². The second kappa shape index (κ2) is 5.47. The second-order valence-electron chi connectivity index (χ2n) is 4.92. The fourth-order valence-corrected chi connectivity index (χ4v) is 1.52. The Morgan fingerprint density at radius 1 is 1.33 bits per heavy atom. The third-order valence-electron chi connectivity index (χ3n) is 2.36. The molecular formula is C11H22N2O2. The van der Waals surface area contributed by atoms with Crippen LogP contribution < -0.4 is 5.32 Å². The van der Waals surface area contributed by atoms with E-state index in [2.05, 4.69) is 26.1 Å². The molecule has 1 fully saturated rings. The van der Waals surface area contributed by atoms with Gasteiger partial charge in [-0.2, -0.15) is 0 Å². The average Bonchev–Trinajstić information content (AvgIpc) is 2.17. The number of carbonyl (C=O) groups excluding carboxylic acids is 1. The maximum atomic E-state index is 11.7. The minimum Gasteiger partial charge on any atom is -0.378 e. The van der Waals surface area contributed by atoms with Gasteiger partial charge in [-0.1, -0.05) is 0 Å². The van der Waals surface area contributed by atoms with Crippen LogP contribution >= 0.6 is 0 Å². The molecule has 4 heteroatoms. The number of ether oxygens (including phenoxy) is 1. The number of hydrogen-bond donors (Lipinski definition) is 1. The van der Waals surface area contributed by atoms with Crippen molar-refractivity contribution in [1.82, 2.24) is 10.2 Å². The van der Waals surface area contributed by atoms with Crippen LogP contribution in [0.4, 0.5) is 0 Å². The van der Waals surface area contributed by atoms with Gasteiger partial charge in [-0.3, -0.25) is 4.79 Å². The van der Waals surface area contributed by atoms with E-state index in [0.29, 0.717) is 19.6 Å². The Labute approximate surface area is 92.0 Å². The summed E-state index contributed by atoms with van der Waals surface area (Å²) in [5.41, 5.74) is 0.0886. The molecule has 0 aromatic rings. The summed E-state index contributed by atoms with van der Waals surface area (Å²) in [7, 11) is 0. The maximum Gasteiger partial charge on any atom is 0.224 e. The Hall–Kier alpha value is -0.610. The minimum absolute atomic E-state index is 0.0886. The van der Waals surface area contributed by atoms with Gasteiger partial charge in [0.1, 0.15) is 0 Å². The summed E-state index contributed by atoms with van der Waals surface area (Å²) in [5.74, 6) is 0.232. The van der Waals surface area contributed by atoms with Gasteiger partial charge < -0.3 is 15.0 Å².